The molecule has 3 aromatic rings. The molecule has 0 aliphatic heterocycles. The van der Waals surface area contributed by atoms with Crippen LogP contribution in [-0.2, 0) is 26.2 Å². The van der Waals surface area contributed by atoms with Gasteiger partial charge in [0, 0.05) is 12.6 Å². The van der Waals surface area contributed by atoms with Gasteiger partial charge in [0.25, 0.3) is 10.0 Å². The minimum Gasteiger partial charge on any atom is -0.352 e. The van der Waals surface area contributed by atoms with Crippen LogP contribution < -0.4 is 9.62 Å². The van der Waals surface area contributed by atoms with Crippen LogP contribution in [0.25, 0.3) is 0 Å². The maximum atomic E-state index is 14.2. The monoisotopic (exact) mass is 589 g/mol. The zero-order valence-electron chi connectivity index (χ0n) is 25.4. The van der Waals surface area contributed by atoms with Crippen molar-refractivity contribution in [2.45, 2.75) is 90.2 Å². The molecule has 2 amide bonds. The number of carbonyl (C=O) groups is 2. The number of aryl methyl sites for hydroxylation is 4. The van der Waals surface area contributed by atoms with Crippen LogP contribution in [0.5, 0.6) is 0 Å². The maximum Gasteiger partial charge on any atom is 0.264 e. The molecular weight excluding hydrogens is 546 g/mol. The first-order valence-corrected chi connectivity index (χ1v) is 16.2. The smallest absolute Gasteiger partial charge is 0.264 e. The molecule has 1 saturated carbocycles. The Balaban J connectivity index is 1.70. The van der Waals surface area contributed by atoms with Crippen LogP contribution in [0.15, 0.2) is 71.6 Å². The fourth-order valence-corrected chi connectivity index (χ4v) is 7.02. The van der Waals surface area contributed by atoms with Gasteiger partial charge in [0.2, 0.25) is 11.8 Å². The van der Waals surface area contributed by atoms with Crippen molar-refractivity contribution in [1.29, 1.82) is 0 Å². The SMILES string of the molecule is Cc1ccc(S(=O)(=O)N(CC(=O)N(Cc2cccc(C)c2)[C@H](C)C(=O)NC2CCCCC2)c2cc(C)cc(C)c2)cc1. The normalized spacial score (nSPS) is 14.7. The highest BCUT2D eigenvalue weighted by molar-refractivity contribution is 7.92. The van der Waals surface area contributed by atoms with Crippen molar-refractivity contribution < 1.29 is 18.0 Å². The summed E-state index contributed by atoms with van der Waals surface area (Å²) in [5, 5.41) is 3.15. The van der Waals surface area contributed by atoms with Gasteiger partial charge in [-0.05, 0) is 88.4 Å². The largest absolute Gasteiger partial charge is 0.352 e. The summed E-state index contributed by atoms with van der Waals surface area (Å²) in [5.74, 6) is -0.667. The van der Waals surface area contributed by atoms with Crippen molar-refractivity contribution in [3.63, 3.8) is 0 Å². The molecule has 42 heavy (non-hydrogen) atoms. The first kappa shape index (κ1) is 31.3. The zero-order chi connectivity index (χ0) is 30.4. The van der Waals surface area contributed by atoms with E-state index in [1.165, 1.54) is 15.6 Å². The Labute approximate surface area is 251 Å². The Kier molecular flexibility index (Phi) is 10.1. The maximum absolute atomic E-state index is 14.2. The van der Waals surface area contributed by atoms with E-state index in [0.29, 0.717) is 5.69 Å². The second-order valence-corrected chi connectivity index (χ2v) is 13.6. The minimum atomic E-state index is -4.10. The van der Waals surface area contributed by atoms with E-state index in [9.17, 15) is 18.0 Å². The fourth-order valence-electron chi connectivity index (χ4n) is 5.62. The van der Waals surface area contributed by atoms with Crippen molar-refractivity contribution in [2.24, 2.45) is 0 Å². The molecule has 1 aliphatic carbocycles. The van der Waals surface area contributed by atoms with E-state index in [0.717, 1.165) is 53.5 Å². The van der Waals surface area contributed by atoms with Crippen molar-refractivity contribution in [1.82, 2.24) is 10.2 Å². The van der Waals surface area contributed by atoms with E-state index < -0.39 is 28.5 Å². The van der Waals surface area contributed by atoms with Crippen LogP contribution in [0.3, 0.4) is 0 Å². The van der Waals surface area contributed by atoms with Crippen molar-refractivity contribution >= 4 is 27.5 Å². The van der Waals surface area contributed by atoms with Crippen LogP contribution in [0.4, 0.5) is 5.69 Å². The lowest BCUT2D eigenvalue weighted by Gasteiger charge is -2.33. The summed E-state index contributed by atoms with van der Waals surface area (Å²) >= 11 is 0. The number of sulfonamides is 1. The van der Waals surface area contributed by atoms with Crippen LogP contribution in [0.2, 0.25) is 0 Å². The molecule has 0 bridgehead atoms. The number of hydrogen-bond acceptors (Lipinski definition) is 4. The fraction of sp³-hybridized carbons (Fsp3) is 0.412. The van der Waals surface area contributed by atoms with Gasteiger partial charge in [-0.1, -0.05) is 72.9 Å². The first-order valence-electron chi connectivity index (χ1n) is 14.8. The number of benzene rings is 3. The van der Waals surface area contributed by atoms with E-state index in [1.807, 2.05) is 58.0 Å². The van der Waals surface area contributed by atoms with E-state index in [1.54, 1.807) is 43.3 Å². The number of nitrogens with one attached hydrogen (secondary N) is 1. The molecule has 0 saturated heterocycles. The molecule has 1 aliphatic rings. The lowest BCUT2D eigenvalue weighted by Crippen LogP contribution is -2.53. The van der Waals surface area contributed by atoms with Crippen LogP contribution in [0.1, 0.15) is 66.8 Å². The molecule has 224 valence electrons. The third-order valence-corrected chi connectivity index (χ3v) is 9.72. The van der Waals surface area contributed by atoms with Crippen molar-refractivity contribution in [2.75, 3.05) is 10.8 Å². The molecule has 1 atom stereocenters. The number of carbonyl (C=O) groups excluding carboxylic acids is 2. The molecule has 8 heteroatoms. The third kappa shape index (κ3) is 7.79. The molecule has 0 radical (unpaired) electrons. The average molecular weight is 590 g/mol. The number of hydrogen-bond donors (Lipinski definition) is 1. The molecule has 7 nitrogen and oxygen atoms in total. The van der Waals surface area contributed by atoms with Gasteiger partial charge in [-0.15, -0.1) is 0 Å². The Morgan fingerprint density at radius 3 is 2.10 bits per heavy atom. The van der Waals surface area contributed by atoms with Gasteiger partial charge in [0.15, 0.2) is 0 Å². The molecular formula is C34H43N3O4S. The lowest BCUT2D eigenvalue weighted by molar-refractivity contribution is -0.139. The highest BCUT2D eigenvalue weighted by Crippen LogP contribution is 2.27. The highest BCUT2D eigenvalue weighted by atomic mass is 32.2. The summed E-state index contributed by atoms with van der Waals surface area (Å²) in [5.41, 5.74) is 5.04. The predicted molar refractivity (Wildman–Crippen MR) is 168 cm³/mol. The molecule has 0 heterocycles. The molecule has 0 spiro atoms. The minimum absolute atomic E-state index is 0.0957. The van der Waals surface area contributed by atoms with Gasteiger partial charge >= 0.3 is 0 Å². The summed E-state index contributed by atoms with van der Waals surface area (Å²) in [7, 11) is -4.10. The second-order valence-electron chi connectivity index (χ2n) is 11.7. The third-order valence-electron chi connectivity index (χ3n) is 7.94. The van der Waals surface area contributed by atoms with Crippen LogP contribution >= 0.6 is 0 Å². The molecule has 1 N–H and O–H groups in total. The summed E-state index contributed by atoms with van der Waals surface area (Å²) in [6.07, 6.45) is 5.18. The van der Waals surface area contributed by atoms with Gasteiger partial charge in [-0.2, -0.15) is 0 Å². The van der Waals surface area contributed by atoms with Crippen LogP contribution in [0, 0.1) is 27.7 Å². The highest BCUT2D eigenvalue weighted by Gasteiger charge is 2.33. The molecule has 0 aromatic heterocycles. The number of rotatable bonds is 10. The van der Waals surface area contributed by atoms with Gasteiger partial charge in [-0.3, -0.25) is 13.9 Å². The molecule has 1 fully saturated rings. The summed E-state index contributed by atoms with van der Waals surface area (Å²) in [6.45, 7) is 9.14. The average Bonchev–Trinajstić information content (AvgIpc) is 2.94. The molecule has 3 aromatic carbocycles. The van der Waals surface area contributed by atoms with Gasteiger partial charge in [-0.25, -0.2) is 8.42 Å². The lowest BCUT2D eigenvalue weighted by atomic mass is 9.95. The zero-order valence-corrected chi connectivity index (χ0v) is 26.2. The van der Waals surface area contributed by atoms with Crippen molar-refractivity contribution in [3.05, 3.63) is 94.5 Å². The number of nitrogens with zero attached hydrogens (tertiary/aromatic N) is 2. The second kappa shape index (κ2) is 13.6. The standard InChI is InChI=1S/C34H43N3O4S/c1-24-14-16-32(17-15-24)42(40,41)37(31-20-26(3)18-27(4)21-31)23-33(38)36(22-29-11-9-10-25(2)19-29)28(5)34(39)35-30-12-7-6-8-13-30/h9-11,14-21,28,30H,6-8,12-13,22-23H2,1-5H3,(H,35,39)/t28-/m1/s1. The summed E-state index contributed by atoms with van der Waals surface area (Å²) in [4.78, 5) is 29.3. The summed E-state index contributed by atoms with van der Waals surface area (Å²) in [6, 6.07) is 19.2. The Morgan fingerprint density at radius 2 is 1.48 bits per heavy atom. The van der Waals surface area contributed by atoms with E-state index in [4.69, 9.17) is 0 Å². The van der Waals surface area contributed by atoms with Gasteiger partial charge in [0.05, 0.1) is 10.6 Å². The number of anilines is 1. The van der Waals surface area contributed by atoms with Crippen LogP contribution in [-0.4, -0.2) is 43.8 Å². The predicted octanol–water partition coefficient (Wildman–Crippen LogP) is 5.98. The Bertz CT molecular complexity index is 1490. The number of amides is 2. The van der Waals surface area contributed by atoms with E-state index >= 15 is 0 Å². The first-order chi connectivity index (χ1) is 19.9. The quantitative estimate of drug-likeness (QED) is 0.315. The van der Waals surface area contributed by atoms with Gasteiger partial charge < -0.3 is 10.2 Å². The van der Waals surface area contributed by atoms with E-state index in [2.05, 4.69) is 5.32 Å². The Hall–Kier alpha value is -3.65. The van der Waals surface area contributed by atoms with E-state index in [-0.39, 0.29) is 23.4 Å². The van der Waals surface area contributed by atoms with Crippen molar-refractivity contribution in [3.8, 4) is 0 Å². The topological polar surface area (TPSA) is 86.8 Å². The molecule has 4 rings (SSSR count). The summed E-state index contributed by atoms with van der Waals surface area (Å²) < 4.78 is 29.3. The Morgan fingerprint density at radius 1 is 0.833 bits per heavy atom. The van der Waals surface area contributed by atoms with Gasteiger partial charge in [0.1, 0.15) is 12.6 Å². The molecule has 0 unspecified atom stereocenters.